The standard InChI is InChI=1S/C16H15Cl2N3OS/c17-13-7-6-12(10-14(13)18)15(22)20-21-16(23)19-9-8-11-4-2-1-3-5-11/h1-7,10H,8-9H2,(H,20,22)(H2,19,21,23). The van der Waals surface area contributed by atoms with Crippen molar-refractivity contribution in [1.82, 2.24) is 16.2 Å². The topological polar surface area (TPSA) is 53.2 Å². The third kappa shape index (κ3) is 5.71. The monoisotopic (exact) mass is 367 g/mol. The summed E-state index contributed by atoms with van der Waals surface area (Å²) in [6.45, 7) is 0.665. The fraction of sp³-hybridized carbons (Fsp3) is 0.125. The Bertz CT molecular complexity index is 695. The molecule has 0 aromatic heterocycles. The fourth-order valence-electron chi connectivity index (χ4n) is 1.83. The first-order chi connectivity index (χ1) is 11.1. The van der Waals surface area contributed by atoms with Crippen LogP contribution in [0.15, 0.2) is 48.5 Å². The number of hydrogen-bond acceptors (Lipinski definition) is 2. The lowest BCUT2D eigenvalue weighted by Crippen LogP contribution is -2.47. The van der Waals surface area contributed by atoms with Crippen molar-refractivity contribution in [3.05, 3.63) is 69.7 Å². The van der Waals surface area contributed by atoms with E-state index in [1.54, 1.807) is 12.1 Å². The van der Waals surface area contributed by atoms with Crippen LogP contribution in [0.1, 0.15) is 15.9 Å². The van der Waals surface area contributed by atoms with Crippen LogP contribution in [0.25, 0.3) is 0 Å². The van der Waals surface area contributed by atoms with Crippen molar-refractivity contribution < 1.29 is 4.79 Å². The van der Waals surface area contributed by atoms with E-state index in [1.807, 2.05) is 30.3 Å². The van der Waals surface area contributed by atoms with Gasteiger partial charge in [-0.2, -0.15) is 0 Å². The lowest BCUT2D eigenvalue weighted by molar-refractivity contribution is 0.0943. The summed E-state index contributed by atoms with van der Waals surface area (Å²) >= 11 is 16.8. The summed E-state index contributed by atoms with van der Waals surface area (Å²) in [7, 11) is 0. The Morgan fingerprint density at radius 3 is 2.43 bits per heavy atom. The third-order valence-electron chi connectivity index (χ3n) is 3.01. The van der Waals surface area contributed by atoms with Crippen LogP contribution >= 0.6 is 35.4 Å². The Labute approximate surface area is 150 Å². The van der Waals surface area contributed by atoms with E-state index in [-0.39, 0.29) is 5.91 Å². The minimum Gasteiger partial charge on any atom is -0.361 e. The first-order valence-corrected chi connectivity index (χ1v) is 8.06. The van der Waals surface area contributed by atoms with E-state index >= 15 is 0 Å². The van der Waals surface area contributed by atoms with Crippen LogP contribution in [-0.4, -0.2) is 17.6 Å². The number of rotatable bonds is 4. The van der Waals surface area contributed by atoms with Crippen LogP contribution in [0.3, 0.4) is 0 Å². The number of thiocarbonyl (C=S) groups is 1. The zero-order valence-electron chi connectivity index (χ0n) is 12.1. The predicted octanol–water partition coefficient (Wildman–Crippen LogP) is 3.35. The zero-order chi connectivity index (χ0) is 16.7. The Kier molecular flexibility index (Phi) is 6.65. The van der Waals surface area contributed by atoms with Crippen molar-refractivity contribution in [2.45, 2.75) is 6.42 Å². The molecule has 0 radical (unpaired) electrons. The molecule has 2 rings (SSSR count). The van der Waals surface area contributed by atoms with Crippen molar-refractivity contribution in [3.63, 3.8) is 0 Å². The van der Waals surface area contributed by atoms with E-state index in [2.05, 4.69) is 16.2 Å². The number of benzene rings is 2. The SMILES string of the molecule is O=C(NNC(=S)NCCc1ccccc1)c1ccc(Cl)c(Cl)c1. The van der Waals surface area contributed by atoms with Crippen LogP contribution in [0.4, 0.5) is 0 Å². The smallest absolute Gasteiger partial charge is 0.269 e. The van der Waals surface area contributed by atoms with E-state index < -0.39 is 0 Å². The number of carbonyl (C=O) groups is 1. The summed E-state index contributed by atoms with van der Waals surface area (Å²) in [5.41, 5.74) is 6.74. The van der Waals surface area contributed by atoms with E-state index in [0.29, 0.717) is 27.3 Å². The number of nitrogens with one attached hydrogen (secondary N) is 3. The average Bonchev–Trinajstić information content (AvgIpc) is 2.56. The summed E-state index contributed by atoms with van der Waals surface area (Å²) in [5, 5.41) is 4.08. The summed E-state index contributed by atoms with van der Waals surface area (Å²) < 4.78 is 0. The molecule has 0 aliphatic heterocycles. The molecule has 0 aliphatic rings. The Morgan fingerprint density at radius 2 is 1.74 bits per heavy atom. The molecule has 0 aliphatic carbocycles. The molecule has 0 spiro atoms. The molecule has 1 amide bonds. The molecule has 0 saturated carbocycles. The molecule has 2 aromatic rings. The van der Waals surface area contributed by atoms with Crippen molar-refractivity contribution in [2.75, 3.05) is 6.54 Å². The maximum Gasteiger partial charge on any atom is 0.269 e. The van der Waals surface area contributed by atoms with Crippen molar-refractivity contribution in [2.24, 2.45) is 0 Å². The van der Waals surface area contributed by atoms with Crippen LogP contribution in [0, 0.1) is 0 Å². The van der Waals surface area contributed by atoms with Crippen LogP contribution < -0.4 is 16.2 Å². The molecule has 120 valence electrons. The number of halogens is 2. The molecule has 0 saturated heterocycles. The molecular formula is C16H15Cl2N3OS. The molecule has 0 heterocycles. The molecule has 0 atom stereocenters. The first kappa shape index (κ1) is 17.5. The second kappa shape index (κ2) is 8.72. The summed E-state index contributed by atoms with van der Waals surface area (Å²) in [5.74, 6) is -0.351. The third-order valence-corrected chi connectivity index (χ3v) is 4.00. The van der Waals surface area contributed by atoms with E-state index in [4.69, 9.17) is 35.4 Å². The maximum atomic E-state index is 11.9. The second-order valence-corrected chi connectivity index (χ2v) is 5.92. The lowest BCUT2D eigenvalue weighted by Gasteiger charge is -2.12. The predicted molar refractivity (Wildman–Crippen MR) is 97.8 cm³/mol. The van der Waals surface area contributed by atoms with Crippen molar-refractivity contribution in [1.29, 1.82) is 0 Å². The van der Waals surface area contributed by atoms with E-state index in [9.17, 15) is 4.79 Å². The van der Waals surface area contributed by atoms with Gasteiger partial charge in [0.1, 0.15) is 0 Å². The molecule has 2 aromatic carbocycles. The van der Waals surface area contributed by atoms with Crippen LogP contribution in [-0.2, 0) is 6.42 Å². The molecule has 0 unspecified atom stereocenters. The molecule has 4 nitrogen and oxygen atoms in total. The minimum absolute atomic E-state index is 0.322. The summed E-state index contributed by atoms with van der Waals surface area (Å²) in [6.07, 6.45) is 0.837. The number of hydrogen-bond donors (Lipinski definition) is 3. The highest BCUT2D eigenvalue weighted by Gasteiger charge is 2.08. The number of amides is 1. The average molecular weight is 368 g/mol. The molecule has 0 bridgehead atoms. The summed E-state index contributed by atoms with van der Waals surface area (Å²) in [6, 6.07) is 14.7. The lowest BCUT2D eigenvalue weighted by atomic mass is 10.1. The van der Waals surface area contributed by atoms with Crippen LogP contribution in [0.5, 0.6) is 0 Å². The van der Waals surface area contributed by atoms with Gasteiger partial charge in [-0.1, -0.05) is 53.5 Å². The van der Waals surface area contributed by atoms with Gasteiger partial charge >= 0.3 is 0 Å². The molecule has 0 fully saturated rings. The quantitative estimate of drug-likeness (QED) is 0.572. The highest BCUT2D eigenvalue weighted by molar-refractivity contribution is 7.80. The highest BCUT2D eigenvalue weighted by atomic mass is 35.5. The van der Waals surface area contributed by atoms with Gasteiger partial charge in [0, 0.05) is 12.1 Å². The molecule has 3 N–H and O–H groups in total. The molecule has 7 heteroatoms. The van der Waals surface area contributed by atoms with Crippen LogP contribution in [0.2, 0.25) is 10.0 Å². The van der Waals surface area contributed by atoms with Crippen molar-refractivity contribution in [3.8, 4) is 0 Å². The van der Waals surface area contributed by atoms with Gasteiger partial charge in [0.05, 0.1) is 10.0 Å². The Morgan fingerprint density at radius 1 is 1.00 bits per heavy atom. The second-order valence-electron chi connectivity index (χ2n) is 4.70. The van der Waals surface area contributed by atoms with E-state index in [1.165, 1.54) is 11.6 Å². The van der Waals surface area contributed by atoms with Gasteiger partial charge in [0.2, 0.25) is 0 Å². The zero-order valence-corrected chi connectivity index (χ0v) is 14.4. The van der Waals surface area contributed by atoms with Gasteiger partial charge in [-0.05, 0) is 42.4 Å². The van der Waals surface area contributed by atoms with Gasteiger partial charge in [0.25, 0.3) is 5.91 Å². The maximum absolute atomic E-state index is 11.9. The van der Waals surface area contributed by atoms with Gasteiger partial charge in [-0.3, -0.25) is 15.6 Å². The Balaban J connectivity index is 1.73. The minimum atomic E-state index is -0.351. The normalized spacial score (nSPS) is 10.0. The highest BCUT2D eigenvalue weighted by Crippen LogP contribution is 2.22. The van der Waals surface area contributed by atoms with Gasteiger partial charge < -0.3 is 5.32 Å². The first-order valence-electron chi connectivity index (χ1n) is 6.89. The number of carbonyl (C=O) groups excluding carboxylic acids is 1. The fourth-order valence-corrected chi connectivity index (χ4v) is 2.28. The largest absolute Gasteiger partial charge is 0.361 e. The van der Waals surface area contributed by atoms with E-state index in [0.717, 1.165) is 6.42 Å². The molecule has 23 heavy (non-hydrogen) atoms. The van der Waals surface area contributed by atoms with Crippen molar-refractivity contribution >= 4 is 46.4 Å². The Hall–Kier alpha value is -1.82. The van der Waals surface area contributed by atoms with Gasteiger partial charge in [-0.25, -0.2) is 0 Å². The number of hydrazine groups is 1. The molecular weight excluding hydrogens is 353 g/mol. The summed E-state index contributed by atoms with van der Waals surface area (Å²) in [4.78, 5) is 11.9. The van der Waals surface area contributed by atoms with Gasteiger partial charge in [0.15, 0.2) is 5.11 Å². The van der Waals surface area contributed by atoms with Gasteiger partial charge in [-0.15, -0.1) is 0 Å².